The third-order valence-electron chi connectivity index (χ3n) is 2.34. The van der Waals surface area contributed by atoms with Gasteiger partial charge in [-0.15, -0.1) is 0 Å². The number of carbonyl (C=O) groups is 1. The van der Waals surface area contributed by atoms with E-state index in [1.54, 1.807) is 0 Å². The van der Waals surface area contributed by atoms with Crippen LogP contribution in [0.2, 0.25) is 0 Å². The normalized spacial score (nSPS) is 11.5. The van der Waals surface area contributed by atoms with E-state index in [2.05, 4.69) is 38.2 Å². The van der Waals surface area contributed by atoms with Crippen molar-refractivity contribution in [1.82, 2.24) is 5.32 Å². The van der Waals surface area contributed by atoms with Gasteiger partial charge in [-0.3, -0.25) is 4.79 Å². The average molecular weight is 223 g/mol. The molecule has 0 radical (unpaired) electrons. The van der Waals surface area contributed by atoms with Crippen LogP contribution in [-0.4, -0.2) is 12.5 Å². The summed E-state index contributed by atoms with van der Waals surface area (Å²) in [6.07, 6.45) is 6.49. The van der Waals surface area contributed by atoms with E-state index in [9.17, 15) is 4.79 Å². The van der Waals surface area contributed by atoms with E-state index in [0.717, 1.165) is 12.8 Å². The molecule has 0 saturated heterocycles. The second-order valence-corrected chi connectivity index (χ2v) is 4.77. The molecule has 0 fully saturated rings. The third kappa shape index (κ3) is 8.27. The Hall–Kier alpha value is -1.05. The van der Waals surface area contributed by atoms with Crippen LogP contribution in [0.4, 0.5) is 0 Å². The highest BCUT2D eigenvalue weighted by Gasteiger charge is 2.03. The minimum absolute atomic E-state index is 0.0689. The highest BCUT2D eigenvalue weighted by Crippen LogP contribution is 2.05. The van der Waals surface area contributed by atoms with E-state index in [1.165, 1.54) is 11.1 Å². The van der Waals surface area contributed by atoms with E-state index in [0.29, 0.717) is 6.54 Å². The smallest absolute Gasteiger partial charge is 0.222 e. The Morgan fingerprint density at radius 3 is 2.31 bits per heavy atom. The van der Waals surface area contributed by atoms with Crippen LogP contribution in [-0.2, 0) is 4.79 Å². The van der Waals surface area contributed by atoms with Crippen molar-refractivity contribution in [2.24, 2.45) is 5.92 Å². The molecule has 16 heavy (non-hydrogen) atoms. The molecular formula is C14H25NO. The number of carbonyl (C=O) groups excluding carboxylic acids is 1. The maximum Gasteiger partial charge on any atom is 0.222 e. The highest BCUT2D eigenvalue weighted by atomic mass is 16.1. The van der Waals surface area contributed by atoms with Crippen LogP contribution >= 0.6 is 0 Å². The molecule has 2 nitrogen and oxygen atoms in total. The van der Waals surface area contributed by atoms with Gasteiger partial charge in [0.1, 0.15) is 0 Å². The summed E-state index contributed by atoms with van der Waals surface area (Å²) < 4.78 is 0. The molecule has 0 rings (SSSR count). The summed E-state index contributed by atoms with van der Waals surface area (Å²) in [5.41, 5.74) is 2.70. The Morgan fingerprint density at radius 1 is 1.19 bits per heavy atom. The highest BCUT2D eigenvalue weighted by molar-refractivity contribution is 5.77. The Bertz CT molecular complexity index is 270. The van der Waals surface area contributed by atoms with Gasteiger partial charge < -0.3 is 5.32 Å². The van der Waals surface area contributed by atoms with Gasteiger partial charge >= 0.3 is 0 Å². The van der Waals surface area contributed by atoms with Crippen LogP contribution in [0.25, 0.3) is 0 Å². The maximum atomic E-state index is 11.3. The molecule has 0 aliphatic heterocycles. The topological polar surface area (TPSA) is 29.1 Å². The number of hydrogen-bond donors (Lipinski definition) is 1. The Labute approximate surface area is 99.8 Å². The number of nitrogens with one attached hydrogen (secondary N) is 1. The van der Waals surface area contributed by atoms with E-state index in [-0.39, 0.29) is 11.8 Å². The number of amides is 1. The monoisotopic (exact) mass is 223 g/mol. The summed E-state index contributed by atoms with van der Waals surface area (Å²) in [5.74, 6) is 0.188. The molecular weight excluding hydrogens is 198 g/mol. The molecule has 2 heteroatoms. The lowest BCUT2D eigenvalue weighted by Crippen LogP contribution is -2.27. The summed E-state index contributed by atoms with van der Waals surface area (Å²) >= 11 is 0. The Balaban J connectivity index is 3.79. The molecule has 0 aliphatic carbocycles. The molecule has 0 aromatic carbocycles. The predicted octanol–water partition coefficient (Wildman–Crippen LogP) is 3.45. The van der Waals surface area contributed by atoms with Gasteiger partial charge in [-0.1, -0.05) is 37.1 Å². The van der Waals surface area contributed by atoms with Gasteiger partial charge in [-0.25, -0.2) is 0 Å². The molecule has 0 spiro atoms. The van der Waals surface area contributed by atoms with Gasteiger partial charge in [-0.05, 0) is 33.6 Å². The predicted molar refractivity (Wildman–Crippen MR) is 70.3 cm³/mol. The van der Waals surface area contributed by atoms with Crippen molar-refractivity contribution >= 4 is 5.91 Å². The summed E-state index contributed by atoms with van der Waals surface area (Å²) in [5, 5.41) is 2.88. The largest absolute Gasteiger partial charge is 0.352 e. The van der Waals surface area contributed by atoms with Crippen LogP contribution < -0.4 is 5.32 Å². The lowest BCUT2D eigenvalue weighted by Gasteiger charge is -2.05. The average Bonchev–Trinajstić information content (AvgIpc) is 2.16. The first-order valence-electron chi connectivity index (χ1n) is 6.00. The van der Waals surface area contributed by atoms with Crippen molar-refractivity contribution in [3.05, 3.63) is 23.3 Å². The fraction of sp³-hybridized carbons (Fsp3) is 0.643. The van der Waals surface area contributed by atoms with Crippen LogP contribution in [0, 0.1) is 5.92 Å². The Morgan fingerprint density at radius 2 is 1.81 bits per heavy atom. The number of allylic oxidation sites excluding steroid dienone is 3. The second-order valence-electron chi connectivity index (χ2n) is 4.77. The van der Waals surface area contributed by atoms with Gasteiger partial charge in [0.15, 0.2) is 0 Å². The standard InChI is InChI=1S/C14H25NO/c1-11(2)7-6-8-13(5)9-10-15-14(16)12(3)4/h7,9,12H,6,8,10H2,1-5H3,(H,15,16)/b13-9-. The fourth-order valence-electron chi connectivity index (χ4n) is 1.22. The zero-order valence-corrected chi connectivity index (χ0v) is 11.3. The van der Waals surface area contributed by atoms with Crippen LogP contribution in [0.1, 0.15) is 47.5 Å². The molecule has 0 aromatic heterocycles. The lowest BCUT2D eigenvalue weighted by molar-refractivity contribution is -0.123. The fourth-order valence-corrected chi connectivity index (χ4v) is 1.22. The molecule has 0 unspecified atom stereocenters. The Kier molecular flexibility index (Phi) is 7.61. The van der Waals surface area contributed by atoms with Crippen LogP contribution in [0.15, 0.2) is 23.3 Å². The first kappa shape index (κ1) is 14.9. The molecule has 1 N–H and O–H groups in total. The van der Waals surface area contributed by atoms with E-state index in [1.807, 2.05) is 13.8 Å². The van der Waals surface area contributed by atoms with Gasteiger partial charge in [0.25, 0.3) is 0 Å². The summed E-state index contributed by atoms with van der Waals surface area (Å²) in [7, 11) is 0. The van der Waals surface area contributed by atoms with Gasteiger partial charge in [-0.2, -0.15) is 0 Å². The van der Waals surface area contributed by atoms with Crippen molar-refractivity contribution < 1.29 is 4.79 Å². The summed E-state index contributed by atoms with van der Waals surface area (Å²) in [4.78, 5) is 11.3. The SMILES string of the molecule is CC(C)=CCC/C(C)=C\CNC(=O)C(C)C. The van der Waals surface area contributed by atoms with E-state index in [4.69, 9.17) is 0 Å². The van der Waals surface area contributed by atoms with Gasteiger partial charge in [0, 0.05) is 12.5 Å². The van der Waals surface area contributed by atoms with Crippen LogP contribution in [0.5, 0.6) is 0 Å². The molecule has 92 valence electrons. The maximum absolute atomic E-state index is 11.3. The van der Waals surface area contributed by atoms with Crippen molar-refractivity contribution in [3.8, 4) is 0 Å². The molecule has 0 saturated carbocycles. The molecule has 0 heterocycles. The first-order valence-corrected chi connectivity index (χ1v) is 6.00. The zero-order chi connectivity index (χ0) is 12.6. The van der Waals surface area contributed by atoms with Gasteiger partial charge in [0.2, 0.25) is 5.91 Å². The minimum Gasteiger partial charge on any atom is -0.352 e. The van der Waals surface area contributed by atoms with Crippen molar-refractivity contribution in [3.63, 3.8) is 0 Å². The van der Waals surface area contributed by atoms with E-state index >= 15 is 0 Å². The first-order chi connectivity index (χ1) is 7.43. The third-order valence-corrected chi connectivity index (χ3v) is 2.34. The van der Waals surface area contributed by atoms with Crippen molar-refractivity contribution in [2.45, 2.75) is 47.5 Å². The quantitative estimate of drug-likeness (QED) is 0.687. The molecule has 0 atom stereocenters. The molecule has 0 bridgehead atoms. The number of hydrogen-bond acceptors (Lipinski definition) is 1. The van der Waals surface area contributed by atoms with Crippen molar-refractivity contribution in [1.29, 1.82) is 0 Å². The van der Waals surface area contributed by atoms with Crippen molar-refractivity contribution in [2.75, 3.05) is 6.54 Å². The molecule has 0 aliphatic rings. The summed E-state index contributed by atoms with van der Waals surface area (Å²) in [6, 6.07) is 0. The van der Waals surface area contributed by atoms with E-state index < -0.39 is 0 Å². The minimum atomic E-state index is 0.0689. The molecule has 0 aromatic rings. The second kappa shape index (κ2) is 8.14. The summed E-state index contributed by atoms with van der Waals surface area (Å²) in [6.45, 7) is 10.8. The zero-order valence-electron chi connectivity index (χ0n) is 11.3. The molecule has 1 amide bonds. The lowest BCUT2D eigenvalue weighted by atomic mass is 10.1. The number of rotatable bonds is 6. The van der Waals surface area contributed by atoms with Crippen LogP contribution in [0.3, 0.4) is 0 Å². The van der Waals surface area contributed by atoms with Gasteiger partial charge in [0.05, 0.1) is 0 Å².